The highest BCUT2D eigenvalue weighted by Crippen LogP contribution is 2.37. The lowest BCUT2D eigenvalue weighted by atomic mass is 9.98. The molecule has 0 spiro atoms. The molecule has 20 heavy (non-hydrogen) atoms. The second-order valence-electron chi connectivity index (χ2n) is 4.87. The fourth-order valence-corrected chi connectivity index (χ4v) is 5.33. The molecule has 2 nitrogen and oxygen atoms in total. The van der Waals surface area contributed by atoms with E-state index < -0.39 is 0 Å². The first-order chi connectivity index (χ1) is 9.78. The van der Waals surface area contributed by atoms with E-state index in [1.54, 1.807) is 0 Å². The van der Waals surface area contributed by atoms with Gasteiger partial charge in [-0.1, -0.05) is 12.1 Å². The molecule has 1 N–H and O–H groups in total. The van der Waals surface area contributed by atoms with Crippen LogP contribution in [0.5, 0.6) is 0 Å². The molecule has 0 amide bonds. The number of aryl methyl sites for hydroxylation is 1. The highest BCUT2D eigenvalue weighted by Gasteiger charge is 2.23. The molecule has 106 valence electrons. The van der Waals surface area contributed by atoms with Crippen LogP contribution in [0.1, 0.15) is 34.5 Å². The van der Waals surface area contributed by atoms with Crippen molar-refractivity contribution >= 4 is 39.0 Å². The first-order valence-electron chi connectivity index (χ1n) is 6.81. The van der Waals surface area contributed by atoms with Gasteiger partial charge in [0.05, 0.1) is 11.4 Å². The molecule has 0 fully saturated rings. The quantitative estimate of drug-likeness (QED) is 0.784. The number of hydrogen-bond donors (Lipinski definition) is 1. The zero-order valence-corrected chi connectivity index (χ0v) is 14.6. The lowest BCUT2D eigenvalue weighted by Crippen LogP contribution is -2.19. The molecule has 1 heterocycles. The molecular weight excluding hydrogens is 352 g/mol. The molecule has 5 heteroatoms. The Kier molecular flexibility index (Phi) is 4.81. The van der Waals surface area contributed by atoms with Gasteiger partial charge in [0.15, 0.2) is 0 Å². The number of thioether (sulfide) groups is 1. The summed E-state index contributed by atoms with van der Waals surface area (Å²) in [4.78, 5) is 7.58. The smallest absolute Gasteiger partial charge is 0.103 e. The number of rotatable bonds is 4. The van der Waals surface area contributed by atoms with E-state index >= 15 is 0 Å². The zero-order chi connectivity index (χ0) is 13.9. The van der Waals surface area contributed by atoms with Crippen molar-refractivity contribution in [3.8, 4) is 0 Å². The van der Waals surface area contributed by atoms with Gasteiger partial charge in [-0.15, -0.1) is 23.1 Å². The second-order valence-corrected chi connectivity index (χ2v) is 7.86. The molecule has 1 aromatic carbocycles. The molecule has 0 saturated heterocycles. The Morgan fingerprint density at radius 3 is 3.10 bits per heavy atom. The van der Waals surface area contributed by atoms with Crippen LogP contribution in [-0.2, 0) is 12.2 Å². The standard InChI is InChI=1S/C15H17BrN2S2/c1-17-11-6-4-7-12-15(11)20-14(18-12)9-19-13-8-3-2-5-10(13)16/h2-3,5,8,11,17H,4,6-7,9H2,1H3. The van der Waals surface area contributed by atoms with E-state index in [2.05, 4.69) is 46.5 Å². The highest BCUT2D eigenvalue weighted by molar-refractivity contribution is 9.10. The summed E-state index contributed by atoms with van der Waals surface area (Å²) < 4.78 is 1.17. The largest absolute Gasteiger partial charge is 0.312 e. The maximum absolute atomic E-state index is 4.84. The monoisotopic (exact) mass is 368 g/mol. The van der Waals surface area contributed by atoms with Crippen molar-refractivity contribution in [1.82, 2.24) is 10.3 Å². The van der Waals surface area contributed by atoms with Crippen molar-refractivity contribution in [3.63, 3.8) is 0 Å². The van der Waals surface area contributed by atoms with Crippen molar-refractivity contribution in [2.75, 3.05) is 7.05 Å². The number of halogens is 1. The van der Waals surface area contributed by atoms with Crippen LogP contribution in [0.25, 0.3) is 0 Å². The zero-order valence-electron chi connectivity index (χ0n) is 11.4. The molecule has 2 aromatic rings. The number of nitrogens with zero attached hydrogens (tertiary/aromatic N) is 1. The molecule has 3 rings (SSSR count). The van der Waals surface area contributed by atoms with Crippen LogP contribution in [0.2, 0.25) is 0 Å². The molecule has 1 atom stereocenters. The van der Waals surface area contributed by atoms with Gasteiger partial charge >= 0.3 is 0 Å². The minimum Gasteiger partial charge on any atom is -0.312 e. The van der Waals surface area contributed by atoms with Gasteiger partial charge in [-0.05, 0) is 54.4 Å². The maximum atomic E-state index is 4.84. The molecule has 1 aromatic heterocycles. The summed E-state index contributed by atoms with van der Waals surface area (Å²) in [6.45, 7) is 0. The third-order valence-corrected chi connectivity index (χ3v) is 6.96. The number of hydrogen-bond acceptors (Lipinski definition) is 4. The number of nitrogens with one attached hydrogen (secondary N) is 1. The van der Waals surface area contributed by atoms with Gasteiger partial charge in [-0.25, -0.2) is 4.98 Å². The van der Waals surface area contributed by atoms with Gasteiger partial charge in [-0.3, -0.25) is 0 Å². The van der Waals surface area contributed by atoms with Crippen LogP contribution in [-0.4, -0.2) is 12.0 Å². The lowest BCUT2D eigenvalue weighted by Gasteiger charge is -2.20. The summed E-state index contributed by atoms with van der Waals surface area (Å²) in [5.74, 6) is 0.955. The van der Waals surface area contributed by atoms with Gasteiger partial charge in [0.1, 0.15) is 5.01 Å². The summed E-state index contributed by atoms with van der Waals surface area (Å²) in [7, 11) is 2.05. The van der Waals surface area contributed by atoms with E-state index in [0.717, 1.165) is 12.2 Å². The lowest BCUT2D eigenvalue weighted by molar-refractivity contribution is 0.501. The van der Waals surface area contributed by atoms with E-state index in [9.17, 15) is 0 Å². The minimum absolute atomic E-state index is 0.512. The topological polar surface area (TPSA) is 24.9 Å². The van der Waals surface area contributed by atoms with E-state index in [-0.39, 0.29) is 0 Å². The number of fused-ring (bicyclic) bond motifs is 1. The number of benzene rings is 1. The Morgan fingerprint density at radius 2 is 2.30 bits per heavy atom. The van der Waals surface area contributed by atoms with Crippen LogP contribution in [0, 0.1) is 0 Å². The molecule has 0 saturated carbocycles. The van der Waals surface area contributed by atoms with Gasteiger partial charge in [0.2, 0.25) is 0 Å². The van der Waals surface area contributed by atoms with Crippen molar-refractivity contribution in [2.45, 2.75) is 36.0 Å². The maximum Gasteiger partial charge on any atom is 0.103 e. The average Bonchev–Trinajstić information content (AvgIpc) is 2.89. The van der Waals surface area contributed by atoms with Crippen molar-refractivity contribution < 1.29 is 0 Å². The fraction of sp³-hybridized carbons (Fsp3) is 0.400. The third-order valence-electron chi connectivity index (χ3n) is 3.53. The minimum atomic E-state index is 0.512. The van der Waals surface area contributed by atoms with Crippen LogP contribution in [0.3, 0.4) is 0 Å². The van der Waals surface area contributed by atoms with Crippen molar-refractivity contribution in [1.29, 1.82) is 0 Å². The third kappa shape index (κ3) is 3.11. The number of aromatic nitrogens is 1. The van der Waals surface area contributed by atoms with Crippen LogP contribution >= 0.6 is 39.0 Å². The molecule has 0 aliphatic heterocycles. The summed E-state index contributed by atoms with van der Waals surface area (Å²) in [6.07, 6.45) is 3.63. The molecule has 1 unspecified atom stereocenters. The number of thiazole rings is 1. The van der Waals surface area contributed by atoms with Crippen molar-refractivity contribution in [2.24, 2.45) is 0 Å². The summed E-state index contributed by atoms with van der Waals surface area (Å²) in [5, 5.41) is 4.66. The Labute approximate surface area is 136 Å². The Hall–Kier alpha value is -0.360. The average molecular weight is 369 g/mol. The molecule has 1 aliphatic carbocycles. The van der Waals surface area contributed by atoms with Crippen LogP contribution in [0.4, 0.5) is 0 Å². The van der Waals surface area contributed by atoms with E-state index in [4.69, 9.17) is 4.98 Å². The normalized spacial score (nSPS) is 18.0. The van der Waals surface area contributed by atoms with Gasteiger partial charge in [-0.2, -0.15) is 0 Å². The van der Waals surface area contributed by atoms with Crippen LogP contribution < -0.4 is 5.32 Å². The molecule has 0 bridgehead atoms. The summed E-state index contributed by atoms with van der Waals surface area (Å²) in [5.41, 5.74) is 1.32. The second kappa shape index (κ2) is 6.60. The summed E-state index contributed by atoms with van der Waals surface area (Å²) >= 11 is 7.34. The first kappa shape index (κ1) is 14.6. The van der Waals surface area contributed by atoms with Gasteiger partial charge < -0.3 is 5.32 Å². The Balaban J connectivity index is 1.73. The van der Waals surface area contributed by atoms with Crippen molar-refractivity contribution in [3.05, 3.63) is 44.3 Å². The molecular formula is C15H17BrN2S2. The fourth-order valence-electron chi connectivity index (χ4n) is 2.51. The predicted molar refractivity (Wildman–Crippen MR) is 90.6 cm³/mol. The first-order valence-corrected chi connectivity index (χ1v) is 9.40. The van der Waals surface area contributed by atoms with E-state index in [0.29, 0.717) is 6.04 Å². The van der Waals surface area contributed by atoms with E-state index in [1.807, 2.05) is 29.2 Å². The predicted octanol–water partition coefficient (Wildman–Crippen LogP) is 4.79. The Bertz CT molecular complexity index is 597. The summed E-state index contributed by atoms with van der Waals surface area (Å²) in [6, 6.07) is 8.88. The molecule has 1 aliphatic rings. The van der Waals surface area contributed by atoms with Gasteiger partial charge in [0.25, 0.3) is 0 Å². The molecule has 0 radical (unpaired) electrons. The Morgan fingerprint density at radius 1 is 1.45 bits per heavy atom. The van der Waals surface area contributed by atoms with E-state index in [1.165, 1.54) is 37.8 Å². The van der Waals surface area contributed by atoms with Crippen LogP contribution in [0.15, 0.2) is 33.6 Å². The highest BCUT2D eigenvalue weighted by atomic mass is 79.9. The SMILES string of the molecule is CNC1CCCc2nc(CSc3ccccc3Br)sc21. The van der Waals surface area contributed by atoms with Gasteiger partial charge in [0, 0.05) is 20.3 Å².